The van der Waals surface area contributed by atoms with Gasteiger partial charge in [0.25, 0.3) is 0 Å². The van der Waals surface area contributed by atoms with Gasteiger partial charge in [-0.1, -0.05) is 12.1 Å². The van der Waals surface area contributed by atoms with E-state index in [2.05, 4.69) is 37.4 Å². The predicted octanol–water partition coefficient (Wildman–Crippen LogP) is 5.24. The lowest BCUT2D eigenvalue weighted by molar-refractivity contribution is 0.0350. The summed E-state index contributed by atoms with van der Waals surface area (Å²) in [5.74, 6) is -0.262. The molecule has 0 unspecified atom stereocenters. The summed E-state index contributed by atoms with van der Waals surface area (Å²) >= 11 is 1.40. The van der Waals surface area contributed by atoms with Crippen molar-refractivity contribution in [3.8, 4) is 33.8 Å². The van der Waals surface area contributed by atoms with Crippen molar-refractivity contribution in [1.29, 1.82) is 0 Å². The van der Waals surface area contributed by atoms with Crippen LogP contribution in [0.4, 0.5) is 0 Å². The van der Waals surface area contributed by atoms with Gasteiger partial charge < -0.3 is 15.0 Å². The number of aromatic nitrogens is 4. The summed E-state index contributed by atoms with van der Waals surface area (Å²) in [7, 11) is 0. The Morgan fingerprint density at radius 2 is 2.00 bits per heavy atom. The van der Waals surface area contributed by atoms with E-state index in [0.29, 0.717) is 4.88 Å². The predicted molar refractivity (Wildman–Crippen MR) is 137 cm³/mol. The summed E-state index contributed by atoms with van der Waals surface area (Å²) in [5, 5.41) is 6.19. The molecular weight excluding hydrogens is 458 g/mol. The van der Waals surface area contributed by atoms with E-state index in [1.807, 2.05) is 54.9 Å². The molecule has 2 N–H and O–H groups in total. The van der Waals surface area contributed by atoms with Crippen molar-refractivity contribution in [3.63, 3.8) is 0 Å². The zero-order valence-electron chi connectivity index (χ0n) is 19.1. The summed E-state index contributed by atoms with van der Waals surface area (Å²) in [6.07, 6.45) is 4.35. The fraction of sp³-hybridized carbons (Fsp3) is 0.185. The molecule has 0 saturated carbocycles. The van der Waals surface area contributed by atoms with E-state index in [1.165, 1.54) is 11.3 Å². The molecule has 1 aromatic carbocycles. The number of benzene rings is 1. The molecule has 0 radical (unpaired) electrons. The van der Waals surface area contributed by atoms with E-state index in [-0.39, 0.29) is 12.1 Å². The Balaban J connectivity index is 1.31. The number of esters is 1. The molecule has 35 heavy (non-hydrogen) atoms. The lowest BCUT2D eigenvalue weighted by Gasteiger charge is -2.09. The van der Waals surface area contributed by atoms with Gasteiger partial charge >= 0.3 is 5.97 Å². The lowest BCUT2D eigenvalue weighted by Crippen LogP contribution is -2.20. The zero-order valence-corrected chi connectivity index (χ0v) is 19.9. The number of carbonyl (C=O) groups excluding carboxylic acids is 1. The number of aryl methyl sites for hydroxylation is 1. The first-order valence-electron chi connectivity index (χ1n) is 11.5. The quantitative estimate of drug-likeness (QED) is 0.334. The maximum absolute atomic E-state index is 12.5. The molecule has 174 valence electrons. The number of ether oxygens (including phenoxy) is 1. The number of nitrogens with one attached hydrogen (secondary N) is 2. The number of hydrogen-bond acceptors (Lipinski definition) is 7. The van der Waals surface area contributed by atoms with Crippen molar-refractivity contribution in [2.45, 2.75) is 19.4 Å². The first kappa shape index (κ1) is 21.6. The van der Waals surface area contributed by atoms with Gasteiger partial charge in [0, 0.05) is 34.9 Å². The van der Waals surface area contributed by atoms with E-state index in [1.54, 1.807) is 6.33 Å². The van der Waals surface area contributed by atoms with Crippen LogP contribution in [0, 0.1) is 6.92 Å². The Hall–Kier alpha value is -3.88. The van der Waals surface area contributed by atoms with E-state index in [9.17, 15) is 4.79 Å². The molecule has 5 heterocycles. The van der Waals surface area contributed by atoms with Crippen LogP contribution < -0.4 is 5.32 Å². The SMILES string of the molecule is Cc1cccc(-c2[nH]cnc2-c2ccc3ncc(-c4csc(C(=O)O[C@@H]5CCNC5)c4)cc3c2)n1. The summed E-state index contributed by atoms with van der Waals surface area (Å²) in [6.45, 7) is 3.59. The highest BCUT2D eigenvalue weighted by Gasteiger charge is 2.21. The third-order valence-corrected chi connectivity index (χ3v) is 7.07. The zero-order chi connectivity index (χ0) is 23.8. The second-order valence-corrected chi connectivity index (χ2v) is 9.55. The van der Waals surface area contributed by atoms with Gasteiger partial charge in [0.05, 0.1) is 28.9 Å². The van der Waals surface area contributed by atoms with Crippen LogP contribution in [0.25, 0.3) is 44.7 Å². The lowest BCUT2D eigenvalue weighted by atomic mass is 10.0. The maximum Gasteiger partial charge on any atom is 0.348 e. The van der Waals surface area contributed by atoms with Crippen molar-refractivity contribution in [2.75, 3.05) is 13.1 Å². The van der Waals surface area contributed by atoms with Gasteiger partial charge in [-0.2, -0.15) is 0 Å². The summed E-state index contributed by atoms with van der Waals surface area (Å²) in [5.41, 5.74) is 7.33. The van der Waals surface area contributed by atoms with Crippen LogP contribution in [0.2, 0.25) is 0 Å². The van der Waals surface area contributed by atoms with E-state index < -0.39 is 0 Å². The number of fused-ring (bicyclic) bond motifs is 1. The summed E-state index contributed by atoms with van der Waals surface area (Å²) in [6, 6.07) is 16.1. The van der Waals surface area contributed by atoms with Crippen LogP contribution in [0.5, 0.6) is 0 Å². The van der Waals surface area contributed by atoms with Crippen molar-refractivity contribution < 1.29 is 9.53 Å². The molecule has 5 aromatic rings. The van der Waals surface area contributed by atoms with Crippen molar-refractivity contribution in [1.82, 2.24) is 25.3 Å². The number of hydrogen-bond donors (Lipinski definition) is 2. The van der Waals surface area contributed by atoms with Gasteiger partial charge in [-0.15, -0.1) is 11.3 Å². The van der Waals surface area contributed by atoms with Crippen molar-refractivity contribution in [2.24, 2.45) is 0 Å². The van der Waals surface area contributed by atoms with Gasteiger partial charge in [0.1, 0.15) is 11.0 Å². The minimum Gasteiger partial charge on any atom is -0.457 e. The number of aromatic amines is 1. The number of pyridine rings is 2. The van der Waals surface area contributed by atoms with Gasteiger partial charge in [-0.05, 0) is 67.2 Å². The minimum atomic E-state index is -0.262. The van der Waals surface area contributed by atoms with Crippen LogP contribution in [-0.4, -0.2) is 45.1 Å². The molecule has 1 aliphatic heterocycles. The number of carbonyl (C=O) groups is 1. The van der Waals surface area contributed by atoms with Gasteiger partial charge in [0.2, 0.25) is 0 Å². The third kappa shape index (κ3) is 4.34. The highest BCUT2D eigenvalue weighted by Crippen LogP contribution is 2.32. The summed E-state index contributed by atoms with van der Waals surface area (Å²) < 4.78 is 5.61. The minimum absolute atomic E-state index is 0.0456. The van der Waals surface area contributed by atoms with E-state index in [4.69, 9.17) is 4.74 Å². The topological polar surface area (TPSA) is 92.8 Å². The average Bonchev–Trinajstić information content (AvgIpc) is 3.65. The number of imidazole rings is 1. The highest BCUT2D eigenvalue weighted by molar-refractivity contribution is 7.12. The van der Waals surface area contributed by atoms with Crippen LogP contribution in [-0.2, 0) is 4.74 Å². The van der Waals surface area contributed by atoms with Crippen LogP contribution in [0.15, 0.2) is 66.4 Å². The Kier molecular flexibility index (Phi) is 5.60. The molecule has 8 heteroatoms. The second kappa shape index (κ2) is 9.05. The normalized spacial score (nSPS) is 15.5. The number of thiophene rings is 1. The average molecular weight is 482 g/mol. The molecule has 1 fully saturated rings. The molecule has 6 rings (SSSR count). The van der Waals surface area contributed by atoms with Crippen LogP contribution >= 0.6 is 11.3 Å². The van der Waals surface area contributed by atoms with Gasteiger partial charge in [-0.3, -0.25) is 9.97 Å². The van der Waals surface area contributed by atoms with Gasteiger partial charge in [0.15, 0.2) is 0 Å². The second-order valence-electron chi connectivity index (χ2n) is 8.64. The largest absolute Gasteiger partial charge is 0.457 e. The molecule has 7 nitrogen and oxygen atoms in total. The van der Waals surface area contributed by atoms with Gasteiger partial charge in [-0.25, -0.2) is 9.78 Å². The van der Waals surface area contributed by atoms with E-state index in [0.717, 1.165) is 69.9 Å². The molecule has 1 saturated heterocycles. The Morgan fingerprint density at radius 1 is 1.09 bits per heavy atom. The molecule has 0 aliphatic carbocycles. The fourth-order valence-corrected chi connectivity index (χ4v) is 5.16. The van der Waals surface area contributed by atoms with Crippen molar-refractivity contribution >= 4 is 28.2 Å². The first-order chi connectivity index (χ1) is 17.1. The monoisotopic (exact) mass is 481 g/mol. The highest BCUT2D eigenvalue weighted by atomic mass is 32.1. The molecule has 0 amide bonds. The van der Waals surface area contributed by atoms with Crippen LogP contribution in [0.1, 0.15) is 21.8 Å². The molecule has 1 aliphatic rings. The third-order valence-electron chi connectivity index (χ3n) is 6.16. The number of rotatable bonds is 5. The van der Waals surface area contributed by atoms with Crippen molar-refractivity contribution in [3.05, 3.63) is 77.0 Å². The van der Waals surface area contributed by atoms with E-state index >= 15 is 0 Å². The molecule has 0 spiro atoms. The molecule has 0 bridgehead atoms. The standard InChI is InChI=1S/C27H23N5O2S/c1-16-3-2-4-23(32-16)26-25(30-15-31-26)17-5-6-22-18(9-17)10-19(12-29-22)20-11-24(35-14-20)27(33)34-21-7-8-28-13-21/h2-6,9-12,14-15,21,28H,7-8,13H2,1H3,(H,30,31)/t21-/m1/s1. The molecule has 4 aromatic heterocycles. The van der Waals surface area contributed by atoms with Crippen LogP contribution in [0.3, 0.4) is 0 Å². The Morgan fingerprint density at radius 3 is 2.86 bits per heavy atom. The molecule has 1 atom stereocenters. The number of H-pyrrole nitrogens is 1. The Bertz CT molecular complexity index is 1530. The number of nitrogens with zero attached hydrogens (tertiary/aromatic N) is 3. The first-order valence-corrected chi connectivity index (χ1v) is 12.4. The smallest absolute Gasteiger partial charge is 0.348 e. The maximum atomic E-state index is 12.5. The summed E-state index contributed by atoms with van der Waals surface area (Å²) in [4.78, 5) is 30.2. The Labute approximate surface area is 206 Å². The molecular formula is C27H23N5O2S. The fourth-order valence-electron chi connectivity index (χ4n) is 4.36.